The van der Waals surface area contributed by atoms with Gasteiger partial charge in [-0.1, -0.05) is 17.9 Å². The number of anilines is 1. The number of hydrogen-bond acceptors (Lipinski definition) is 3. The van der Waals surface area contributed by atoms with Gasteiger partial charge in [0.2, 0.25) is 0 Å². The zero-order valence-electron chi connectivity index (χ0n) is 11.3. The normalized spacial score (nSPS) is 9.75. The van der Waals surface area contributed by atoms with E-state index in [0.717, 1.165) is 11.1 Å². The molecule has 1 heterocycles. The van der Waals surface area contributed by atoms with Gasteiger partial charge in [0.05, 0.1) is 12.5 Å². The Kier molecular flexibility index (Phi) is 4.18. The molecule has 1 aromatic carbocycles. The maximum absolute atomic E-state index is 12.1. The van der Waals surface area contributed by atoms with Crippen molar-refractivity contribution in [2.24, 2.45) is 7.05 Å². The van der Waals surface area contributed by atoms with E-state index in [1.807, 2.05) is 19.1 Å². The topological polar surface area (TPSA) is 67.2 Å². The van der Waals surface area contributed by atoms with Gasteiger partial charge < -0.3 is 15.0 Å². The minimum Gasteiger partial charge on any atom is -0.384 e. The average molecular weight is 269 g/mol. The van der Waals surface area contributed by atoms with Gasteiger partial charge >= 0.3 is 0 Å². The maximum Gasteiger partial charge on any atom is 0.273 e. The Labute approximate surface area is 117 Å². The molecule has 0 unspecified atom stereocenters. The number of carbonyl (C=O) groups is 1. The maximum atomic E-state index is 12.1. The summed E-state index contributed by atoms with van der Waals surface area (Å²) >= 11 is 0. The fraction of sp³-hybridized carbons (Fsp3) is 0.200. The molecule has 0 aliphatic carbocycles. The summed E-state index contributed by atoms with van der Waals surface area (Å²) in [5.41, 5.74) is 2.91. The molecule has 0 aliphatic heterocycles. The van der Waals surface area contributed by atoms with E-state index in [0.29, 0.717) is 11.4 Å². The van der Waals surface area contributed by atoms with E-state index in [9.17, 15) is 4.79 Å². The number of carbonyl (C=O) groups excluding carboxylic acids is 1. The van der Waals surface area contributed by atoms with Crippen molar-refractivity contribution in [2.45, 2.75) is 6.92 Å². The number of aliphatic hydroxyl groups excluding tert-OH is 1. The first-order valence-electron chi connectivity index (χ1n) is 6.10. The molecule has 1 amide bonds. The molecule has 5 nitrogen and oxygen atoms in total. The van der Waals surface area contributed by atoms with Crippen molar-refractivity contribution in [1.82, 2.24) is 9.55 Å². The molecule has 2 aromatic rings. The van der Waals surface area contributed by atoms with E-state index in [4.69, 9.17) is 5.11 Å². The van der Waals surface area contributed by atoms with Crippen LogP contribution in [0.25, 0.3) is 0 Å². The number of amides is 1. The Morgan fingerprint density at radius 3 is 2.95 bits per heavy atom. The first-order valence-corrected chi connectivity index (χ1v) is 6.10. The van der Waals surface area contributed by atoms with Crippen LogP contribution < -0.4 is 5.32 Å². The highest BCUT2D eigenvalue weighted by molar-refractivity contribution is 6.03. The molecule has 2 N–H and O–H groups in total. The quantitative estimate of drug-likeness (QED) is 0.808. The standard InChI is InChI=1S/C15H15N3O2/c1-11-5-6-13(8-12(11)4-3-7-19)17-15(20)14-9-16-10-18(14)2/h5-6,8-10,19H,7H2,1-2H3,(H,17,20). The number of hydrogen-bond donors (Lipinski definition) is 2. The van der Waals surface area contributed by atoms with Gasteiger partial charge in [-0.2, -0.15) is 0 Å². The Hall–Kier alpha value is -2.58. The van der Waals surface area contributed by atoms with Crippen LogP contribution >= 0.6 is 0 Å². The van der Waals surface area contributed by atoms with Gasteiger partial charge in [-0.25, -0.2) is 4.98 Å². The zero-order chi connectivity index (χ0) is 14.5. The zero-order valence-corrected chi connectivity index (χ0v) is 11.3. The molecule has 5 heteroatoms. The minimum atomic E-state index is -0.227. The lowest BCUT2D eigenvalue weighted by molar-refractivity contribution is 0.101. The summed E-state index contributed by atoms with van der Waals surface area (Å²) < 4.78 is 1.65. The summed E-state index contributed by atoms with van der Waals surface area (Å²) in [7, 11) is 1.76. The highest BCUT2D eigenvalue weighted by atomic mass is 16.2. The minimum absolute atomic E-state index is 0.189. The molecule has 0 bridgehead atoms. The fourth-order valence-electron chi connectivity index (χ4n) is 1.74. The van der Waals surface area contributed by atoms with Crippen LogP contribution in [-0.4, -0.2) is 27.2 Å². The lowest BCUT2D eigenvalue weighted by Gasteiger charge is -2.07. The summed E-state index contributed by atoms with van der Waals surface area (Å²) in [6.07, 6.45) is 3.08. The summed E-state index contributed by atoms with van der Waals surface area (Å²) in [6.45, 7) is 1.74. The Morgan fingerprint density at radius 2 is 2.30 bits per heavy atom. The molecular weight excluding hydrogens is 254 g/mol. The van der Waals surface area contributed by atoms with E-state index in [-0.39, 0.29) is 12.5 Å². The van der Waals surface area contributed by atoms with Crippen LogP contribution in [0.3, 0.4) is 0 Å². The molecule has 102 valence electrons. The van der Waals surface area contributed by atoms with Crippen LogP contribution in [0.5, 0.6) is 0 Å². The molecule has 0 atom stereocenters. The number of nitrogens with one attached hydrogen (secondary N) is 1. The van der Waals surface area contributed by atoms with Crippen molar-refractivity contribution >= 4 is 11.6 Å². The third-order valence-electron chi connectivity index (χ3n) is 2.85. The second-order valence-corrected chi connectivity index (χ2v) is 4.33. The first kappa shape index (κ1) is 13.8. The van der Waals surface area contributed by atoms with Crippen LogP contribution in [0.15, 0.2) is 30.7 Å². The molecule has 0 spiro atoms. The van der Waals surface area contributed by atoms with Crippen LogP contribution in [0, 0.1) is 18.8 Å². The van der Waals surface area contributed by atoms with Crippen molar-refractivity contribution in [2.75, 3.05) is 11.9 Å². The first-order chi connectivity index (χ1) is 9.61. The Morgan fingerprint density at radius 1 is 1.50 bits per heavy atom. The molecule has 0 fully saturated rings. The number of aliphatic hydroxyl groups is 1. The number of imidazole rings is 1. The van der Waals surface area contributed by atoms with E-state index in [1.54, 1.807) is 24.0 Å². The predicted octanol–water partition coefficient (Wildman–Crippen LogP) is 1.32. The van der Waals surface area contributed by atoms with Crippen LogP contribution in [0.2, 0.25) is 0 Å². The highest BCUT2D eigenvalue weighted by Crippen LogP contribution is 2.15. The average Bonchev–Trinajstić information content (AvgIpc) is 2.85. The molecule has 0 saturated heterocycles. The van der Waals surface area contributed by atoms with Gasteiger partial charge in [0, 0.05) is 18.3 Å². The van der Waals surface area contributed by atoms with E-state index in [1.165, 1.54) is 6.20 Å². The number of rotatable bonds is 2. The van der Waals surface area contributed by atoms with Gasteiger partial charge in [-0.3, -0.25) is 4.79 Å². The van der Waals surface area contributed by atoms with Gasteiger partial charge in [-0.05, 0) is 24.6 Å². The smallest absolute Gasteiger partial charge is 0.273 e. The number of aromatic nitrogens is 2. The van der Waals surface area contributed by atoms with E-state index < -0.39 is 0 Å². The van der Waals surface area contributed by atoms with Crippen molar-refractivity contribution in [3.63, 3.8) is 0 Å². The highest BCUT2D eigenvalue weighted by Gasteiger charge is 2.10. The number of benzene rings is 1. The van der Waals surface area contributed by atoms with Crippen LogP contribution in [0.1, 0.15) is 21.6 Å². The van der Waals surface area contributed by atoms with Gasteiger partial charge in [-0.15, -0.1) is 0 Å². The lowest BCUT2D eigenvalue weighted by Crippen LogP contribution is -2.15. The number of nitrogens with zero attached hydrogens (tertiary/aromatic N) is 2. The molecule has 0 saturated carbocycles. The van der Waals surface area contributed by atoms with Crippen LogP contribution in [-0.2, 0) is 7.05 Å². The molecule has 0 radical (unpaired) electrons. The van der Waals surface area contributed by atoms with Gasteiger partial charge in [0.1, 0.15) is 12.3 Å². The van der Waals surface area contributed by atoms with Crippen molar-refractivity contribution in [1.29, 1.82) is 0 Å². The van der Waals surface area contributed by atoms with Crippen molar-refractivity contribution < 1.29 is 9.90 Å². The van der Waals surface area contributed by atoms with Crippen LogP contribution in [0.4, 0.5) is 5.69 Å². The Bertz CT molecular complexity index is 693. The third kappa shape index (κ3) is 3.05. The van der Waals surface area contributed by atoms with Gasteiger partial charge in [0.15, 0.2) is 0 Å². The molecule has 2 rings (SSSR count). The molecular formula is C15H15N3O2. The summed E-state index contributed by atoms with van der Waals surface area (Å²) in [5.74, 6) is 5.23. The summed E-state index contributed by atoms with van der Waals surface area (Å²) in [6, 6.07) is 5.47. The van der Waals surface area contributed by atoms with E-state index >= 15 is 0 Å². The van der Waals surface area contributed by atoms with Crippen molar-refractivity contribution in [3.8, 4) is 11.8 Å². The monoisotopic (exact) mass is 269 g/mol. The lowest BCUT2D eigenvalue weighted by atomic mass is 10.1. The second kappa shape index (κ2) is 6.04. The fourth-order valence-corrected chi connectivity index (χ4v) is 1.74. The summed E-state index contributed by atoms with van der Waals surface area (Å²) in [5, 5.41) is 11.5. The number of aryl methyl sites for hydroxylation is 2. The second-order valence-electron chi connectivity index (χ2n) is 4.33. The SMILES string of the molecule is Cc1ccc(NC(=O)c2cncn2C)cc1C#CCO. The molecule has 1 aromatic heterocycles. The summed E-state index contributed by atoms with van der Waals surface area (Å²) in [4.78, 5) is 16.0. The molecule has 20 heavy (non-hydrogen) atoms. The third-order valence-corrected chi connectivity index (χ3v) is 2.85. The van der Waals surface area contributed by atoms with Gasteiger partial charge in [0.25, 0.3) is 5.91 Å². The largest absolute Gasteiger partial charge is 0.384 e. The Balaban J connectivity index is 2.22. The van der Waals surface area contributed by atoms with E-state index in [2.05, 4.69) is 22.1 Å². The molecule has 0 aliphatic rings. The predicted molar refractivity (Wildman–Crippen MR) is 76.3 cm³/mol. The van der Waals surface area contributed by atoms with Crippen molar-refractivity contribution in [3.05, 3.63) is 47.5 Å².